The van der Waals surface area contributed by atoms with E-state index in [1.807, 2.05) is 0 Å². The van der Waals surface area contributed by atoms with Crippen molar-refractivity contribution in [2.75, 3.05) is 13.7 Å². The molecule has 1 aliphatic rings. The van der Waals surface area contributed by atoms with Crippen molar-refractivity contribution in [2.24, 2.45) is 0 Å². The fraction of sp³-hybridized carbons (Fsp3) is 0.350. The van der Waals surface area contributed by atoms with Crippen molar-refractivity contribution in [1.29, 1.82) is 0 Å². The predicted octanol–water partition coefficient (Wildman–Crippen LogP) is 3.39. The van der Waals surface area contributed by atoms with Crippen LogP contribution in [0.25, 0.3) is 11.4 Å². The number of hydrogen-bond donors (Lipinski definition) is 0. The van der Waals surface area contributed by atoms with E-state index in [1.165, 1.54) is 24.1 Å². The lowest BCUT2D eigenvalue weighted by atomic mass is 10.1. The Hall–Kier alpha value is -3.05. The van der Waals surface area contributed by atoms with Gasteiger partial charge < -0.3 is 14.2 Å². The van der Waals surface area contributed by atoms with Crippen LogP contribution < -0.4 is 0 Å². The molecule has 0 aromatic carbocycles. The molecule has 0 aliphatic carbocycles. The highest BCUT2D eigenvalue weighted by Gasteiger charge is 2.36. The normalized spacial score (nSPS) is 16.4. The lowest BCUT2D eigenvalue weighted by Crippen LogP contribution is -2.49. The Labute approximate surface area is 186 Å². The molecule has 0 saturated carbocycles. The number of ether oxygens (including phenoxy) is 1. The maximum Gasteiger partial charge on any atom is 0.433 e. The highest BCUT2D eigenvalue weighted by atomic mass is 35.5. The van der Waals surface area contributed by atoms with Crippen LogP contribution in [0.2, 0.25) is 5.28 Å². The molecule has 3 aromatic heterocycles. The standard InChI is InChI=1S/C20H18ClF3N6O2/c1-11-6-25-19(21)28-16(11)14-9-29-8-13(10-32-2)30(18(31)17(29)27-14)7-12-4-3-5-15(26-12)20(22,23)24/h3-6,9,13H,7-8,10H2,1-2H3/t13-/m1/s1. The minimum Gasteiger partial charge on any atom is -0.382 e. The number of carbonyl (C=O) groups excluding carboxylic acids is 1. The van der Waals surface area contributed by atoms with E-state index in [4.69, 9.17) is 16.3 Å². The van der Waals surface area contributed by atoms with Gasteiger partial charge in [-0.1, -0.05) is 6.07 Å². The number of imidazole rings is 1. The Morgan fingerprint density at radius 3 is 2.75 bits per heavy atom. The Kier molecular flexibility index (Phi) is 5.87. The first kappa shape index (κ1) is 22.2. The summed E-state index contributed by atoms with van der Waals surface area (Å²) in [6.45, 7) is 2.22. The van der Waals surface area contributed by atoms with Gasteiger partial charge in [-0.15, -0.1) is 0 Å². The zero-order chi connectivity index (χ0) is 23.0. The molecule has 0 bridgehead atoms. The predicted molar refractivity (Wildman–Crippen MR) is 108 cm³/mol. The Bertz CT molecular complexity index is 1170. The number of alkyl halides is 3. The monoisotopic (exact) mass is 466 g/mol. The quantitative estimate of drug-likeness (QED) is 0.536. The Morgan fingerprint density at radius 1 is 1.25 bits per heavy atom. The molecule has 1 aliphatic heterocycles. The summed E-state index contributed by atoms with van der Waals surface area (Å²) in [6, 6.07) is 3.19. The number of pyridine rings is 1. The van der Waals surface area contributed by atoms with Gasteiger partial charge in [0.15, 0.2) is 5.82 Å². The highest BCUT2D eigenvalue weighted by Crippen LogP contribution is 2.29. The number of rotatable bonds is 5. The van der Waals surface area contributed by atoms with Crippen LogP contribution in [0.15, 0.2) is 30.6 Å². The number of nitrogens with zero attached hydrogens (tertiary/aromatic N) is 6. The van der Waals surface area contributed by atoms with E-state index >= 15 is 0 Å². The molecule has 4 rings (SSSR count). The molecular weight excluding hydrogens is 449 g/mol. The first-order valence-electron chi connectivity index (χ1n) is 9.57. The van der Waals surface area contributed by atoms with Crippen LogP contribution in [0.1, 0.15) is 27.6 Å². The third kappa shape index (κ3) is 4.30. The molecule has 0 N–H and O–H groups in total. The average molecular weight is 467 g/mol. The Morgan fingerprint density at radius 2 is 2.03 bits per heavy atom. The highest BCUT2D eigenvalue weighted by molar-refractivity contribution is 6.28. The molecule has 0 fully saturated rings. The van der Waals surface area contributed by atoms with Crippen LogP contribution in [0.4, 0.5) is 13.2 Å². The first-order valence-corrected chi connectivity index (χ1v) is 9.95. The molecule has 3 aromatic rings. The third-order valence-corrected chi connectivity index (χ3v) is 5.23. The van der Waals surface area contributed by atoms with E-state index in [0.29, 0.717) is 17.9 Å². The summed E-state index contributed by atoms with van der Waals surface area (Å²) in [5, 5.41) is 0.0532. The van der Waals surface area contributed by atoms with Crippen molar-refractivity contribution < 1.29 is 22.7 Å². The van der Waals surface area contributed by atoms with E-state index in [-0.39, 0.29) is 30.0 Å². The zero-order valence-electron chi connectivity index (χ0n) is 17.1. The summed E-state index contributed by atoms with van der Waals surface area (Å²) in [5.74, 6) is -0.296. The fourth-order valence-electron chi connectivity index (χ4n) is 3.58. The van der Waals surface area contributed by atoms with Crippen molar-refractivity contribution in [3.8, 4) is 11.4 Å². The van der Waals surface area contributed by atoms with E-state index in [2.05, 4.69) is 19.9 Å². The molecule has 0 saturated heterocycles. The van der Waals surface area contributed by atoms with Gasteiger partial charge in [-0.3, -0.25) is 4.79 Å². The molecule has 0 spiro atoms. The van der Waals surface area contributed by atoms with Crippen LogP contribution >= 0.6 is 11.6 Å². The van der Waals surface area contributed by atoms with Crippen LogP contribution in [-0.4, -0.2) is 55.1 Å². The zero-order valence-corrected chi connectivity index (χ0v) is 17.9. The Balaban J connectivity index is 1.68. The lowest BCUT2D eigenvalue weighted by Gasteiger charge is -2.35. The van der Waals surface area contributed by atoms with Gasteiger partial charge in [-0.25, -0.2) is 19.9 Å². The summed E-state index contributed by atoms with van der Waals surface area (Å²) in [4.78, 5) is 30.9. The lowest BCUT2D eigenvalue weighted by molar-refractivity contribution is -0.141. The summed E-state index contributed by atoms with van der Waals surface area (Å²) in [6.07, 6.45) is -1.32. The minimum atomic E-state index is -4.57. The van der Waals surface area contributed by atoms with E-state index in [9.17, 15) is 18.0 Å². The van der Waals surface area contributed by atoms with Crippen molar-refractivity contribution in [3.05, 3.63) is 58.7 Å². The second kappa shape index (κ2) is 8.47. The van der Waals surface area contributed by atoms with Crippen molar-refractivity contribution >= 4 is 17.5 Å². The van der Waals surface area contributed by atoms with Crippen LogP contribution in [0, 0.1) is 6.92 Å². The molecule has 32 heavy (non-hydrogen) atoms. The minimum absolute atomic E-state index is 0.0532. The number of aromatic nitrogens is 5. The maximum absolute atomic E-state index is 13.3. The van der Waals surface area contributed by atoms with Crippen LogP contribution in [0.5, 0.6) is 0 Å². The summed E-state index contributed by atoms with van der Waals surface area (Å²) in [7, 11) is 1.49. The molecule has 12 heteroatoms. The number of aryl methyl sites for hydroxylation is 1. The average Bonchev–Trinajstić information content (AvgIpc) is 3.16. The van der Waals surface area contributed by atoms with Gasteiger partial charge >= 0.3 is 6.18 Å². The maximum atomic E-state index is 13.3. The fourth-order valence-corrected chi connectivity index (χ4v) is 3.71. The summed E-state index contributed by atoms with van der Waals surface area (Å²) >= 11 is 5.91. The van der Waals surface area contributed by atoms with Gasteiger partial charge in [0.25, 0.3) is 5.91 Å². The molecule has 168 valence electrons. The molecule has 0 unspecified atom stereocenters. The van der Waals surface area contributed by atoms with Gasteiger partial charge in [0, 0.05) is 26.0 Å². The number of methoxy groups -OCH3 is 1. The summed E-state index contributed by atoms with van der Waals surface area (Å²) < 4.78 is 46.1. The molecule has 1 atom stereocenters. The van der Waals surface area contributed by atoms with Crippen molar-refractivity contribution in [1.82, 2.24) is 29.4 Å². The van der Waals surface area contributed by atoms with Crippen LogP contribution in [-0.2, 0) is 24.0 Å². The second-order valence-electron chi connectivity index (χ2n) is 7.33. The number of halogens is 4. The molecular formula is C20H18ClF3N6O2. The largest absolute Gasteiger partial charge is 0.433 e. The first-order chi connectivity index (χ1) is 15.2. The molecule has 8 nitrogen and oxygen atoms in total. The van der Waals surface area contributed by atoms with E-state index in [0.717, 1.165) is 11.6 Å². The molecule has 4 heterocycles. The van der Waals surface area contributed by atoms with Gasteiger partial charge in [0.2, 0.25) is 5.28 Å². The van der Waals surface area contributed by atoms with Crippen molar-refractivity contribution in [2.45, 2.75) is 32.2 Å². The molecule has 1 amide bonds. The summed E-state index contributed by atoms with van der Waals surface area (Å²) in [5.41, 5.74) is 0.783. The van der Waals surface area contributed by atoms with E-state index in [1.54, 1.807) is 23.9 Å². The third-order valence-electron chi connectivity index (χ3n) is 5.05. The van der Waals surface area contributed by atoms with Gasteiger partial charge in [0.05, 0.1) is 30.6 Å². The number of carbonyl (C=O) groups is 1. The SMILES string of the molecule is COC[C@H]1Cn2cc(-c3nc(Cl)ncc3C)nc2C(=O)N1Cc1cccc(C(F)(F)F)n1. The molecule has 0 radical (unpaired) electrons. The van der Waals surface area contributed by atoms with Gasteiger partial charge in [0.1, 0.15) is 11.4 Å². The topological polar surface area (TPSA) is 86.0 Å². The van der Waals surface area contributed by atoms with Gasteiger partial charge in [-0.2, -0.15) is 13.2 Å². The van der Waals surface area contributed by atoms with E-state index < -0.39 is 23.8 Å². The van der Waals surface area contributed by atoms with Crippen molar-refractivity contribution in [3.63, 3.8) is 0 Å². The van der Waals surface area contributed by atoms with Gasteiger partial charge in [-0.05, 0) is 36.2 Å². The smallest absolute Gasteiger partial charge is 0.382 e. The van der Waals surface area contributed by atoms with Crippen LogP contribution in [0.3, 0.4) is 0 Å². The number of hydrogen-bond acceptors (Lipinski definition) is 6. The second-order valence-corrected chi connectivity index (χ2v) is 7.66. The number of amides is 1. The number of fused-ring (bicyclic) bond motifs is 1.